The molecular formula is C19H17ClFN3O2. The lowest BCUT2D eigenvalue weighted by molar-refractivity contribution is -0.118. The minimum Gasteiger partial charge on any atom is -0.339 e. The zero-order chi connectivity index (χ0) is 18.7. The maximum absolute atomic E-state index is 13.8. The van der Waals surface area contributed by atoms with Gasteiger partial charge in [-0.15, -0.1) is 0 Å². The quantitative estimate of drug-likeness (QED) is 0.663. The van der Waals surface area contributed by atoms with E-state index in [4.69, 9.17) is 16.1 Å². The Morgan fingerprint density at radius 2 is 2.04 bits per heavy atom. The fourth-order valence-electron chi connectivity index (χ4n) is 2.57. The van der Waals surface area contributed by atoms with Crippen molar-refractivity contribution in [3.8, 4) is 11.4 Å². The molecule has 26 heavy (non-hydrogen) atoms. The predicted molar refractivity (Wildman–Crippen MR) is 97.6 cm³/mol. The molecule has 134 valence electrons. The van der Waals surface area contributed by atoms with Gasteiger partial charge in [-0.05, 0) is 36.8 Å². The first-order chi connectivity index (χ1) is 12.5. The highest BCUT2D eigenvalue weighted by atomic mass is 35.5. The molecule has 2 aromatic carbocycles. The molecule has 0 saturated heterocycles. The number of aromatic nitrogens is 2. The van der Waals surface area contributed by atoms with Gasteiger partial charge in [0.15, 0.2) is 0 Å². The zero-order valence-electron chi connectivity index (χ0n) is 14.4. The van der Waals surface area contributed by atoms with Crippen molar-refractivity contribution in [1.29, 1.82) is 0 Å². The highest BCUT2D eigenvalue weighted by Crippen LogP contribution is 2.24. The van der Waals surface area contributed by atoms with Crippen LogP contribution >= 0.6 is 11.6 Å². The number of carbonyl (C=O) groups excluding carboxylic acids is 1. The molecule has 0 atom stereocenters. The van der Waals surface area contributed by atoms with E-state index in [-0.39, 0.29) is 36.0 Å². The molecule has 0 fully saturated rings. The maximum Gasteiger partial charge on any atom is 0.227 e. The molecule has 5 nitrogen and oxygen atoms in total. The summed E-state index contributed by atoms with van der Waals surface area (Å²) in [4.78, 5) is 18.2. The SMILES string of the molecule is Cc1ccc(Cl)cc1N(C)C(=O)CCc1nc(-c2ccccc2F)no1. The van der Waals surface area contributed by atoms with Gasteiger partial charge in [0.2, 0.25) is 17.6 Å². The lowest BCUT2D eigenvalue weighted by atomic mass is 10.1. The number of anilines is 1. The van der Waals surface area contributed by atoms with E-state index in [1.165, 1.54) is 6.07 Å². The van der Waals surface area contributed by atoms with E-state index in [0.717, 1.165) is 11.3 Å². The first kappa shape index (κ1) is 18.1. The molecule has 0 aliphatic heterocycles. The predicted octanol–water partition coefficient (Wildman–Crippen LogP) is 4.43. The molecule has 3 rings (SSSR count). The summed E-state index contributed by atoms with van der Waals surface area (Å²) in [5.74, 6) is -0.0782. The average Bonchev–Trinajstić information content (AvgIpc) is 3.10. The van der Waals surface area contributed by atoms with Gasteiger partial charge in [0.1, 0.15) is 5.82 Å². The number of nitrogens with zero attached hydrogens (tertiary/aromatic N) is 3. The van der Waals surface area contributed by atoms with Gasteiger partial charge in [0, 0.05) is 30.6 Å². The third-order valence-electron chi connectivity index (χ3n) is 4.04. The standard InChI is InChI=1S/C19H17ClFN3O2/c1-12-7-8-13(20)11-16(12)24(2)18(25)10-9-17-22-19(23-26-17)14-5-3-4-6-15(14)21/h3-8,11H,9-10H2,1-2H3. The fraction of sp³-hybridized carbons (Fsp3) is 0.211. The van der Waals surface area contributed by atoms with Crippen LogP contribution in [0.25, 0.3) is 11.4 Å². The molecule has 0 unspecified atom stereocenters. The van der Waals surface area contributed by atoms with Crippen molar-refractivity contribution in [2.24, 2.45) is 0 Å². The summed E-state index contributed by atoms with van der Waals surface area (Å²) in [6.45, 7) is 1.91. The van der Waals surface area contributed by atoms with Crippen molar-refractivity contribution in [2.75, 3.05) is 11.9 Å². The second kappa shape index (κ2) is 7.66. The Balaban J connectivity index is 1.67. The van der Waals surface area contributed by atoms with Crippen molar-refractivity contribution in [3.63, 3.8) is 0 Å². The number of carbonyl (C=O) groups is 1. The number of rotatable bonds is 5. The smallest absolute Gasteiger partial charge is 0.227 e. The molecule has 3 aromatic rings. The van der Waals surface area contributed by atoms with Crippen molar-refractivity contribution in [1.82, 2.24) is 10.1 Å². The van der Waals surface area contributed by atoms with Crippen LogP contribution in [-0.4, -0.2) is 23.1 Å². The lowest BCUT2D eigenvalue weighted by Crippen LogP contribution is -2.27. The largest absolute Gasteiger partial charge is 0.339 e. The molecule has 0 aliphatic carbocycles. The van der Waals surface area contributed by atoms with Crippen LogP contribution in [0, 0.1) is 12.7 Å². The maximum atomic E-state index is 13.8. The van der Waals surface area contributed by atoms with E-state index in [9.17, 15) is 9.18 Å². The number of halogens is 2. The molecular weight excluding hydrogens is 357 g/mol. The van der Waals surface area contributed by atoms with Crippen molar-refractivity contribution in [3.05, 3.63) is 64.8 Å². The van der Waals surface area contributed by atoms with Crippen LogP contribution in [0.2, 0.25) is 5.02 Å². The summed E-state index contributed by atoms with van der Waals surface area (Å²) in [7, 11) is 1.69. The van der Waals surface area contributed by atoms with E-state index in [2.05, 4.69) is 10.1 Å². The van der Waals surface area contributed by atoms with Crippen molar-refractivity contribution >= 4 is 23.2 Å². The molecule has 0 bridgehead atoms. The van der Waals surface area contributed by atoms with Crippen molar-refractivity contribution in [2.45, 2.75) is 19.8 Å². The lowest BCUT2D eigenvalue weighted by Gasteiger charge is -2.19. The number of hydrogen-bond donors (Lipinski definition) is 0. The first-order valence-corrected chi connectivity index (χ1v) is 8.43. The fourth-order valence-corrected chi connectivity index (χ4v) is 2.73. The first-order valence-electron chi connectivity index (χ1n) is 8.06. The van der Waals surface area contributed by atoms with Gasteiger partial charge in [-0.3, -0.25) is 4.79 Å². The van der Waals surface area contributed by atoms with Gasteiger partial charge in [-0.1, -0.05) is 35.0 Å². The Morgan fingerprint density at radius 3 is 2.81 bits per heavy atom. The molecule has 1 amide bonds. The molecule has 0 spiro atoms. The highest BCUT2D eigenvalue weighted by Gasteiger charge is 2.17. The van der Waals surface area contributed by atoms with Crippen LogP contribution in [0.5, 0.6) is 0 Å². The van der Waals surface area contributed by atoms with Crippen LogP contribution in [0.4, 0.5) is 10.1 Å². The van der Waals surface area contributed by atoms with E-state index in [1.807, 2.05) is 13.0 Å². The number of hydrogen-bond acceptors (Lipinski definition) is 4. The van der Waals surface area contributed by atoms with E-state index in [1.54, 1.807) is 42.3 Å². The van der Waals surface area contributed by atoms with Gasteiger partial charge >= 0.3 is 0 Å². The highest BCUT2D eigenvalue weighted by molar-refractivity contribution is 6.31. The third kappa shape index (κ3) is 3.91. The summed E-state index contributed by atoms with van der Waals surface area (Å²) in [5.41, 5.74) is 1.96. The summed E-state index contributed by atoms with van der Waals surface area (Å²) < 4.78 is 18.9. The van der Waals surface area contributed by atoms with Crippen LogP contribution in [0.1, 0.15) is 17.9 Å². The average molecular weight is 374 g/mol. The topological polar surface area (TPSA) is 59.2 Å². The second-order valence-corrected chi connectivity index (χ2v) is 6.31. The minimum absolute atomic E-state index is 0.110. The summed E-state index contributed by atoms with van der Waals surface area (Å²) in [5, 5.41) is 4.35. The monoisotopic (exact) mass is 373 g/mol. The van der Waals surface area contributed by atoms with Crippen LogP contribution in [0.15, 0.2) is 47.0 Å². The van der Waals surface area contributed by atoms with E-state index < -0.39 is 5.82 Å². The molecule has 0 saturated carbocycles. The Bertz CT molecular complexity index is 942. The molecule has 0 radical (unpaired) electrons. The Morgan fingerprint density at radius 1 is 1.27 bits per heavy atom. The van der Waals surface area contributed by atoms with Gasteiger partial charge in [0.05, 0.1) is 5.56 Å². The minimum atomic E-state index is -0.424. The molecule has 1 heterocycles. The van der Waals surface area contributed by atoms with E-state index >= 15 is 0 Å². The van der Waals surface area contributed by atoms with E-state index in [0.29, 0.717) is 5.02 Å². The zero-order valence-corrected chi connectivity index (χ0v) is 15.1. The third-order valence-corrected chi connectivity index (χ3v) is 4.28. The molecule has 7 heteroatoms. The molecule has 0 aliphatic rings. The molecule has 0 N–H and O–H groups in total. The van der Waals surface area contributed by atoms with Gasteiger partial charge < -0.3 is 9.42 Å². The summed E-state index contributed by atoms with van der Waals surface area (Å²) >= 11 is 6.01. The van der Waals surface area contributed by atoms with Gasteiger partial charge in [0.25, 0.3) is 0 Å². The van der Waals surface area contributed by atoms with Gasteiger partial charge in [-0.25, -0.2) is 4.39 Å². The van der Waals surface area contributed by atoms with Gasteiger partial charge in [-0.2, -0.15) is 4.98 Å². The number of aryl methyl sites for hydroxylation is 2. The van der Waals surface area contributed by atoms with Crippen LogP contribution in [-0.2, 0) is 11.2 Å². The Labute approximate surface area is 155 Å². The number of amides is 1. The molecule has 1 aromatic heterocycles. The normalized spacial score (nSPS) is 10.8. The Kier molecular flexibility index (Phi) is 5.32. The summed E-state index contributed by atoms with van der Waals surface area (Å²) in [6.07, 6.45) is 0.450. The summed E-state index contributed by atoms with van der Waals surface area (Å²) in [6, 6.07) is 11.6. The van der Waals surface area contributed by atoms with Crippen LogP contribution < -0.4 is 4.90 Å². The Hall–Kier alpha value is -2.73. The second-order valence-electron chi connectivity index (χ2n) is 5.88. The number of benzene rings is 2. The van der Waals surface area contributed by atoms with Crippen molar-refractivity contribution < 1.29 is 13.7 Å². The van der Waals surface area contributed by atoms with Crippen LogP contribution in [0.3, 0.4) is 0 Å².